The molecule has 0 bridgehead atoms. The van der Waals surface area contributed by atoms with E-state index < -0.39 is 0 Å². The number of carbonyl (C=O) groups is 1. The average molecular weight is 267 g/mol. The van der Waals surface area contributed by atoms with Gasteiger partial charge in [0.05, 0.1) is 29.1 Å². The minimum absolute atomic E-state index is 0.0750. The summed E-state index contributed by atoms with van der Waals surface area (Å²) in [6.45, 7) is 6.34. The van der Waals surface area contributed by atoms with Crippen molar-refractivity contribution in [1.29, 1.82) is 0 Å². The van der Waals surface area contributed by atoms with Crippen molar-refractivity contribution in [2.75, 3.05) is 0 Å². The fourth-order valence-electron chi connectivity index (χ4n) is 1.93. The van der Waals surface area contributed by atoms with E-state index in [4.69, 9.17) is 16.0 Å². The van der Waals surface area contributed by atoms with E-state index in [0.29, 0.717) is 17.3 Å². The van der Waals surface area contributed by atoms with Crippen molar-refractivity contribution in [3.8, 4) is 0 Å². The van der Waals surface area contributed by atoms with Gasteiger partial charge in [0.2, 0.25) is 5.78 Å². The Bertz CT molecular complexity index is 584. The van der Waals surface area contributed by atoms with Gasteiger partial charge in [0.25, 0.3) is 0 Å². The quantitative estimate of drug-likeness (QED) is 0.799. The maximum Gasteiger partial charge on any atom is 0.204 e. The topological polar surface area (TPSA) is 48.0 Å². The summed E-state index contributed by atoms with van der Waals surface area (Å²) in [5, 5.41) is 4.85. The molecule has 0 spiro atoms. The molecule has 0 radical (unpaired) electrons. The second kappa shape index (κ2) is 4.98. The van der Waals surface area contributed by atoms with E-state index in [1.165, 1.54) is 6.26 Å². The van der Waals surface area contributed by atoms with Crippen LogP contribution < -0.4 is 0 Å². The highest BCUT2D eigenvalue weighted by Gasteiger charge is 2.19. The van der Waals surface area contributed by atoms with E-state index in [1.54, 1.807) is 10.7 Å². The molecule has 0 N–H and O–H groups in total. The van der Waals surface area contributed by atoms with Gasteiger partial charge in [-0.15, -0.1) is 0 Å². The van der Waals surface area contributed by atoms with Crippen molar-refractivity contribution in [2.24, 2.45) is 0 Å². The number of Topliss-reactive ketones (excluding diaryl/α,β-unsaturated/α-hetero) is 1. The van der Waals surface area contributed by atoms with Gasteiger partial charge in [-0.05, 0) is 32.4 Å². The van der Waals surface area contributed by atoms with Crippen LogP contribution in [0.15, 0.2) is 16.7 Å². The first-order valence-electron chi connectivity index (χ1n) is 5.83. The Hall–Kier alpha value is -1.55. The highest BCUT2D eigenvalue weighted by atomic mass is 35.5. The van der Waals surface area contributed by atoms with Gasteiger partial charge >= 0.3 is 0 Å². The molecule has 2 aromatic heterocycles. The van der Waals surface area contributed by atoms with Gasteiger partial charge in [0.1, 0.15) is 0 Å². The van der Waals surface area contributed by atoms with Crippen LogP contribution in [0.25, 0.3) is 0 Å². The molecule has 2 aromatic rings. The highest BCUT2D eigenvalue weighted by molar-refractivity contribution is 6.32. The number of carbonyl (C=O) groups excluding carboxylic acids is 1. The number of aryl methyl sites for hydroxylation is 3. The molecule has 2 rings (SSSR count). The molecule has 4 nitrogen and oxygen atoms in total. The Morgan fingerprint density at radius 2 is 2.22 bits per heavy atom. The van der Waals surface area contributed by atoms with Crippen LogP contribution in [-0.2, 0) is 13.0 Å². The van der Waals surface area contributed by atoms with Crippen LogP contribution in [-0.4, -0.2) is 15.6 Å². The molecule has 18 heavy (non-hydrogen) atoms. The Kier molecular flexibility index (Phi) is 3.57. The molecule has 0 fully saturated rings. The number of ketones is 1. The van der Waals surface area contributed by atoms with Gasteiger partial charge in [-0.3, -0.25) is 9.48 Å². The number of rotatable bonds is 4. The number of hydrogen-bond donors (Lipinski definition) is 0. The summed E-state index contributed by atoms with van der Waals surface area (Å²) in [5.41, 5.74) is 2.34. The predicted molar refractivity (Wildman–Crippen MR) is 69.1 cm³/mol. The molecular weight excluding hydrogens is 252 g/mol. The molecule has 0 aliphatic carbocycles. The van der Waals surface area contributed by atoms with Crippen LogP contribution in [0.3, 0.4) is 0 Å². The van der Waals surface area contributed by atoms with Crippen LogP contribution in [0.5, 0.6) is 0 Å². The van der Waals surface area contributed by atoms with E-state index in [-0.39, 0.29) is 12.2 Å². The lowest BCUT2D eigenvalue weighted by Crippen LogP contribution is -2.10. The molecular formula is C13H15ClN2O2. The zero-order valence-electron chi connectivity index (χ0n) is 10.7. The summed E-state index contributed by atoms with van der Waals surface area (Å²) in [7, 11) is 0. The van der Waals surface area contributed by atoms with Crippen molar-refractivity contribution in [3.05, 3.63) is 40.1 Å². The van der Waals surface area contributed by atoms with Crippen molar-refractivity contribution in [3.63, 3.8) is 0 Å². The minimum atomic E-state index is -0.0750. The number of hydrogen-bond acceptors (Lipinski definition) is 3. The van der Waals surface area contributed by atoms with Gasteiger partial charge in [-0.25, -0.2) is 0 Å². The normalized spacial score (nSPS) is 10.9. The van der Waals surface area contributed by atoms with Gasteiger partial charge in [-0.1, -0.05) is 11.6 Å². The van der Waals surface area contributed by atoms with E-state index in [2.05, 4.69) is 5.10 Å². The third-order valence-corrected chi connectivity index (χ3v) is 3.39. The monoisotopic (exact) mass is 266 g/mol. The molecule has 0 saturated carbocycles. The summed E-state index contributed by atoms with van der Waals surface area (Å²) in [6, 6.07) is 1.78. The van der Waals surface area contributed by atoms with E-state index in [0.717, 1.165) is 17.0 Å². The Balaban J connectivity index is 2.30. The lowest BCUT2D eigenvalue weighted by Gasteiger charge is -2.04. The Morgan fingerprint density at radius 1 is 1.50 bits per heavy atom. The van der Waals surface area contributed by atoms with Gasteiger partial charge in [-0.2, -0.15) is 5.10 Å². The maximum atomic E-state index is 12.1. The molecule has 0 atom stereocenters. The first kappa shape index (κ1) is 12.9. The number of nitrogens with zero attached hydrogens (tertiary/aromatic N) is 2. The Labute approximate surface area is 111 Å². The SMILES string of the molecule is CCn1nc(C)c(Cl)c1CC(=O)c1occc1C. The summed E-state index contributed by atoms with van der Waals surface area (Å²) in [4.78, 5) is 12.1. The summed E-state index contributed by atoms with van der Waals surface area (Å²) in [5.74, 6) is 0.321. The van der Waals surface area contributed by atoms with Crippen molar-refractivity contribution in [1.82, 2.24) is 9.78 Å². The van der Waals surface area contributed by atoms with Gasteiger partial charge < -0.3 is 4.42 Å². The fourth-order valence-corrected chi connectivity index (χ4v) is 2.13. The zero-order chi connectivity index (χ0) is 13.3. The number of halogens is 1. The van der Waals surface area contributed by atoms with Crippen molar-refractivity contribution < 1.29 is 9.21 Å². The molecule has 5 heteroatoms. The highest BCUT2D eigenvalue weighted by Crippen LogP contribution is 2.22. The average Bonchev–Trinajstić information content (AvgIpc) is 2.87. The largest absolute Gasteiger partial charge is 0.461 e. The predicted octanol–water partition coefficient (Wildman–Crippen LogP) is 3.19. The van der Waals surface area contributed by atoms with Gasteiger partial charge in [0, 0.05) is 6.54 Å². The van der Waals surface area contributed by atoms with E-state index in [1.807, 2.05) is 20.8 Å². The second-order valence-corrected chi connectivity index (χ2v) is 4.57. The first-order valence-corrected chi connectivity index (χ1v) is 6.21. The van der Waals surface area contributed by atoms with Crippen LogP contribution in [0.1, 0.15) is 34.4 Å². The third-order valence-electron chi connectivity index (χ3n) is 2.90. The molecule has 2 heterocycles. The van der Waals surface area contributed by atoms with Crippen molar-refractivity contribution in [2.45, 2.75) is 33.7 Å². The number of aromatic nitrogens is 2. The van der Waals surface area contributed by atoms with E-state index in [9.17, 15) is 4.79 Å². The van der Waals surface area contributed by atoms with E-state index >= 15 is 0 Å². The van der Waals surface area contributed by atoms with Crippen LogP contribution in [0, 0.1) is 13.8 Å². The number of furan rings is 1. The summed E-state index contributed by atoms with van der Waals surface area (Å²) >= 11 is 6.17. The van der Waals surface area contributed by atoms with Crippen LogP contribution in [0.2, 0.25) is 5.02 Å². The molecule has 96 valence electrons. The molecule has 0 aromatic carbocycles. The molecule has 0 unspecified atom stereocenters. The lowest BCUT2D eigenvalue weighted by atomic mass is 10.1. The van der Waals surface area contributed by atoms with Gasteiger partial charge in [0.15, 0.2) is 5.76 Å². The minimum Gasteiger partial charge on any atom is -0.461 e. The smallest absolute Gasteiger partial charge is 0.204 e. The fraction of sp³-hybridized carbons (Fsp3) is 0.385. The van der Waals surface area contributed by atoms with Crippen LogP contribution in [0.4, 0.5) is 0 Å². The standard InChI is InChI=1S/C13H15ClN2O2/c1-4-16-10(12(14)9(3)15-16)7-11(17)13-8(2)5-6-18-13/h5-6H,4,7H2,1-3H3. The lowest BCUT2D eigenvalue weighted by molar-refractivity contribution is 0.0963. The molecule has 0 saturated heterocycles. The zero-order valence-corrected chi connectivity index (χ0v) is 11.4. The van der Waals surface area contributed by atoms with Crippen LogP contribution >= 0.6 is 11.6 Å². The second-order valence-electron chi connectivity index (χ2n) is 4.19. The maximum absolute atomic E-state index is 12.1. The molecule has 0 aliphatic heterocycles. The third kappa shape index (κ3) is 2.20. The first-order chi connectivity index (χ1) is 8.54. The Morgan fingerprint density at radius 3 is 2.78 bits per heavy atom. The van der Waals surface area contributed by atoms with Crippen molar-refractivity contribution >= 4 is 17.4 Å². The molecule has 0 aliphatic rings. The summed E-state index contributed by atoms with van der Waals surface area (Å²) < 4.78 is 6.95. The summed E-state index contributed by atoms with van der Waals surface area (Å²) in [6.07, 6.45) is 1.73. The molecule has 0 amide bonds.